The zero-order chi connectivity index (χ0) is 21.8. The van der Waals surface area contributed by atoms with Gasteiger partial charge in [0.05, 0.1) is 11.3 Å². The first-order chi connectivity index (χ1) is 15.0. The van der Waals surface area contributed by atoms with Crippen LogP contribution in [0.15, 0.2) is 84.9 Å². The Balaban J connectivity index is 1.57. The van der Waals surface area contributed by atoms with Gasteiger partial charge in [0, 0.05) is 10.9 Å². The summed E-state index contributed by atoms with van der Waals surface area (Å²) in [5.41, 5.74) is 2.06. The first-order valence-electron chi connectivity index (χ1n) is 9.59. The fourth-order valence-corrected chi connectivity index (χ4v) is 3.32. The number of benzene rings is 3. The third kappa shape index (κ3) is 4.30. The maximum absolute atomic E-state index is 12.9. The number of fused-ring (bicyclic) bond motifs is 1. The summed E-state index contributed by atoms with van der Waals surface area (Å²) in [4.78, 5) is 40.4. The molecule has 0 spiro atoms. The smallest absolute Gasteiger partial charge is 0.330 e. The number of carboxylic acid groups (broad SMARTS) is 1. The minimum atomic E-state index is -1.22. The summed E-state index contributed by atoms with van der Waals surface area (Å²) in [6.07, 6.45) is 0. The molecule has 0 aliphatic rings. The predicted octanol–water partition coefficient (Wildman–Crippen LogP) is 3.98. The molecule has 1 aromatic heterocycles. The fourth-order valence-electron chi connectivity index (χ4n) is 3.32. The molecule has 0 saturated carbocycles. The number of H-pyrrole nitrogens is 1. The quantitative estimate of drug-likeness (QED) is 0.383. The van der Waals surface area contributed by atoms with E-state index in [-0.39, 0.29) is 11.3 Å². The molecule has 0 radical (unpaired) electrons. The Morgan fingerprint density at radius 1 is 0.806 bits per heavy atom. The van der Waals surface area contributed by atoms with Gasteiger partial charge in [-0.3, -0.25) is 9.59 Å². The van der Waals surface area contributed by atoms with Gasteiger partial charge < -0.3 is 20.7 Å². The Morgan fingerprint density at radius 2 is 1.48 bits per heavy atom. The molecule has 2 amide bonds. The lowest BCUT2D eigenvalue weighted by molar-refractivity contribution is -0.139. The molecule has 0 aliphatic carbocycles. The van der Waals surface area contributed by atoms with Crippen LogP contribution >= 0.6 is 0 Å². The number of aromatic amines is 1. The summed E-state index contributed by atoms with van der Waals surface area (Å²) in [6, 6.07) is 22.9. The molecule has 4 rings (SSSR count). The number of aromatic nitrogens is 1. The number of nitrogens with one attached hydrogen (secondary N) is 3. The highest BCUT2D eigenvalue weighted by Crippen LogP contribution is 2.20. The van der Waals surface area contributed by atoms with Crippen LogP contribution in [0.4, 0.5) is 5.69 Å². The number of carboxylic acids is 1. The first-order valence-corrected chi connectivity index (χ1v) is 9.59. The summed E-state index contributed by atoms with van der Waals surface area (Å²) < 4.78 is 0. The van der Waals surface area contributed by atoms with Crippen LogP contribution < -0.4 is 10.6 Å². The van der Waals surface area contributed by atoms with Gasteiger partial charge in [0.25, 0.3) is 11.8 Å². The van der Waals surface area contributed by atoms with Gasteiger partial charge in [-0.25, -0.2) is 4.79 Å². The van der Waals surface area contributed by atoms with Crippen LogP contribution in [0, 0.1) is 0 Å². The molecule has 1 unspecified atom stereocenters. The molecule has 7 heteroatoms. The van der Waals surface area contributed by atoms with Gasteiger partial charge in [0.2, 0.25) is 0 Å². The van der Waals surface area contributed by atoms with Crippen LogP contribution in [0.2, 0.25) is 0 Å². The largest absolute Gasteiger partial charge is 0.479 e. The van der Waals surface area contributed by atoms with Gasteiger partial charge in [-0.15, -0.1) is 0 Å². The third-order valence-electron chi connectivity index (χ3n) is 4.85. The number of hydrogen-bond donors (Lipinski definition) is 4. The summed E-state index contributed by atoms with van der Waals surface area (Å²) in [7, 11) is 0. The van der Waals surface area contributed by atoms with Crippen LogP contribution in [-0.2, 0) is 4.79 Å². The molecule has 3 aromatic carbocycles. The van der Waals surface area contributed by atoms with Crippen molar-refractivity contribution in [2.24, 2.45) is 0 Å². The SMILES string of the molecule is O=C(Nc1ccccc1C(=O)NC(C(=O)O)c1ccccc1)c1cc2ccccc2[nH]1. The number of rotatable bonds is 6. The Hall–Kier alpha value is -4.39. The monoisotopic (exact) mass is 413 g/mol. The molecular weight excluding hydrogens is 394 g/mol. The van der Waals surface area contributed by atoms with Gasteiger partial charge in [0.1, 0.15) is 5.69 Å². The van der Waals surface area contributed by atoms with E-state index in [0.29, 0.717) is 11.3 Å². The second-order valence-corrected chi connectivity index (χ2v) is 6.93. The van der Waals surface area contributed by atoms with Crippen molar-refractivity contribution >= 4 is 34.4 Å². The summed E-state index contributed by atoms with van der Waals surface area (Å²) >= 11 is 0. The molecule has 4 N–H and O–H groups in total. The van der Waals surface area contributed by atoms with Crippen molar-refractivity contribution in [3.05, 3.63) is 102 Å². The van der Waals surface area contributed by atoms with Gasteiger partial charge >= 0.3 is 5.97 Å². The first kappa shape index (κ1) is 19.9. The standard InChI is InChI=1S/C24H19N3O4/c28-22(27-21(24(30)31)15-8-2-1-3-9-15)17-11-5-7-13-19(17)26-23(29)20-14-16-10-4-6-12-18(16)25-20/h1-14,21,25H,(H,26,29)(H,27,28)(H,30,31). The van der Waals surface area contributed by atoms with Crippen molar-refractivity contribution in [1.82, 2.24) is 10.3 Å². The number of carbonyl (C=O) groups excluding carboxylic acids is 2. The molecule has 7 nitrogen and oxygen atoms in total. The average Bonchev–Trinajstić information content (AvgIpc) is 3.22. The highest BCUT2D eigenvalue weighted by Gasteiger charge is 2.24. The molecule has 0 fully saturated rings. The maximum atomic E-state index is 12.9. The summed E-state index contributed by atoms with van der Waals surface area (Å²) in [6.45, 7) is 0. The van der Waals surface area contributed by atoms with Gasteiger partial charge in [-0.05, 0) is 29.8 Å². The van der Waals surface area contributed by atoms with Crippen molar-refractivity contribution in [3.63, 3.8) is 0 Å². The molecule has 0 saturated heterocycles. The lowest BCUT2D eigenvalue weighted by Gasteiger charge is -2.16. The molecular formula is C24H19N3O4. The maximum Gasteiger partial charge on any atom is 0.330 e. The molecule has 0 aliphatic heterocycles. The van der Waals surface area contributed by atoms with Gasteiger partial charge in [-0.2, -0.15) is 0 Å². The Labute approximate surface area is 177 Å². The number of aliphatic carboxylic acids is 1. The van der Waals surface area contributed by atoms with E-state index in [1.807, 2.05) is 24.3 Å². The van der Waals surface area contributed by atoms with Crippen LogP contribution in [0.1, 0.15) is 32.5 Å². The van der Waals surface area contributed by atoms with E-state index in [0.717, 1.165) is 10.9 Å². The van der Waals surface area contributed by atoms with Crippen molar-refractivity contribution < 1.29 is 19.5 Å². The Bertz CT molecular complexity index is 1230. The number of anilines is 1. The van der Waals surface area contributed by atoms with Crippen LogP contribution in [0.5, 0.6) is 0 Å². The lowest BCUT2D eigenvalue weighted by atomic mass is 10.1. The van der Waals surface area contributed by atoms with Gasteiger partial charge in [-0.1, -0.05) is 60.7 Å². The van der Waals surface area contributed by atoms with Crippen molar-refractivity contribution in [1.29, 1.82) is 0 Å². The Kier molecular flexibility index (Phi) is 5.49. The van der Waals surface area contributed by atoms with E-state index < -0.39 is 23.8 Å². The zero-order valence-electron chi connectivity index (χ0n) is 16.3. The number of para-hydroxylation sites is 2. The molecule has 31 heavy (non-hydrogen) atoms. The van der Waals surface area contributed by atoms with E-state index in [1.54, 1.807) is 54.6 Å². The highest BCUT2D eigenvalue weighted by atomic mass is 16.4. The number of amides is 2. The molecule has 1 heterocycles. The molecule has 154 valence electrons. The molecule has 1 atom stereocenters. The average molecular weight is 413 g/mol. The summed E-state index contributed by atoms with van der Waals surface area (Å²) in [5, 5.41) is 15.7. The lowest BCUT2D eigenvalue weighted by Crippen LogP contribution is -2.34. The third-order valence-corrected chi connectivity index (χ3v) is 4.85. The second kappa shape index (κ2) is 8.54. The minimum absolute atomic E-state index is 0.161. The van der Waals surface area contributed by atoms with Crippen LogP contribution in [-0.4, -0.2) is 27.9 Å². The highest BCUT2D eigenvalue weighted by molar-refractivity contribution is 6.10. The fraction of sp³-hybridized carbons (Fsp3) is 0.0417. The number of carbonyl (C=O) groups is 3. The number of hydrogen-bond acceptors (Lipinski definition) is 3. The van der Waals surface area contributed by atoms with Crippen molar-refractivity contribution in [3.8, 4) is 0 Å². The van der Waals surface area contributed by atoms with Gasteiger partial charge in [0.15, 0.2) is 6.04 Å². The molecule has 4 aromatic rings. The molecule has 0 bridgehead atoms. The second-order valence-electron chi connectivity index (χ2n) is 6.93. The van der Waals surface area contributed by atoms with Crippen LogP contribution in [0.3, 0.4) is 0 Å². The normalized spacial score (nSPS) is 11.6. The van der Waals surface area contributed by atoms with E-state index in [1.165, 1.54) is 6.07 Å². The van der Waals surface area contributed by atoms with Crippen LogP contribution in [0.25, 0.3) is 10.9 Å². The van der Waals surface area contributed by atoms with E-state index in [2.05, 4.69) is 15.6 Å². The van der Waals surface area contributed by atoms with Crippen molar-refractivity contribution in [2.75, 3.05) is 5.32 Å². The van der Waals surface area contributed by atoms with Crippen molar-refractivity contribution in [2.45, 2.75) is 6.04 Å². The van der Waals surface area contributed by atoms with E-state index in [9.17, 15) is 19.5 Å². The van der Waals surface area contributed by atoms with E-state index >= 15 is 0 Å². The zero-order valence-corrected chi connectivity index (χ0v) is 16.3. The Morgan fingerprint density at radius 3 is 2.23 bits per heavy atom. The topological polar surface area (TPSA) is 111 Å². The summed E-state index contributed by atoms with van der Waals surface area (Å²) in [5.74, 6) is -2.20. The predicted molar refractivity (Wildman–Crippen MR) is 117 cm³/mol. The van der Waals surface area contributed by atoms with E-state index in [4.69, 9.17) is 0 Å². The minimum Gasteiger partial charge on any atom is -0.479 e.